The lowest BCUT2D eigenvalue weighted by Gasteiger charge is -2.19. The van der Waals surface area contributed by atoms with Crippen molar-refractivity contribution in [1.29, 1.82) is 0 Å². The van der Waals surface area contributed by atoms with Crippen molar-refractivity contribution >= 4 is 37.4 Å². The second-order valence-corrected chi connectivity index (χ2v) is 7.91. The minimum Gasteiger partial charge on any atom is -0.324 e. The number of nitrogens with two attached hydrogens (primary N) is 1. The molecule has 0 amide bonds. The highest BCUT2D eigenvalue weighted by atomic mass is 79.9. The van der Waals surface area contributed by atoms with Crippen LogP contribution in [0.5, 0.6) is 0 Å². The lowest BCUT2D eigenvalue weighted by molar-refractivity contribution is 0.480. The smallest absolute Gasteiger partial charge is 0.150 e. The second-order valence-electron chi connectivity index (χ2n) is 4.35. The molecule has 1 aliphatic heterocycles. The van der Waals surface area contributed by atoms with Gasteiger partial charge in [-0.1, -0.05) is 27.5 Å². The topological polar surface area (TPSA) is 60.2 Å². The van der Waals surface area contributed by atoms with Crippen LogP contribution in [0, 0.1) is 5.92 Å². The molecule has 0 spiro atoms. The van der Waals surface area contributed by atoms with Crippen LogP contribution in [-0.4, -0.2) is 19.9 Å². The van der Waals surface area contributed by atoms with Crippen LogP contribution in [0.2, 0.25) is 5.02 Å². The zero-order valence-electron chi connectivity index (χ0n) is 9.07. The van der Waals surface area contributed by atoms with Crippen LogP contribution in [0.1, 0.15) is 18.0 Å². The fourth-order valence-corrected chi connectivity index (χ4v) is 4.61. The maximum Gasteiger partial charge on any atom is 0.150 e. The molecule has 1 heterocycles. The van der Waals surface area contributed by atoms with Gasteiger partial charge < -0.3 is 5.73 Å². The first-order chi connectivity index (χ1) is 7.89. The number of hydrogen-bond acceptors (Lipinski definition) is 3. The predicted octanol–water partition coefficient (Wildman–Crippen LogP) is 2.54. The fraction of sp³-hybridized carbons (Fsp3) is 0.455. The van der Waals surface area contributed by atoms with Crippen molar-refractivity contribution in [3.05, 3.63) is 33.3 Å². The zero-order chi connectivity index (χ0) is 12.6. The first kappa shape index (κ1) is 13.3. The van der Waals surface area contributed by atoms with Crippen molar-refractivity contribution in [2.24, 2.45) is 11.7 Å². The van der Waals surface area contributed by atoms with Crippen LogP contribution < -0.4 is 5.73 Å². The summed E-state index contributed by atoms with van der Waals surface area (Å²) in [5.74, 6) is 0.361. The van der Waals surface area contributed by atoms with Gasteiger partial charge >= 0.3 is 0 Å². The zero-order valence-corrected chi connectivity index (χ0v) is 12.2. The molecule has 0 bridgehead atoms. The molecule has 2 rings (SSSR count). The Morgan fingerprint density at radius 1 is 1.47 bits per heavy atom. The van der Waals surface area contributed by atoms with Crippen molar-refractivity contribution in [3.8, 4) is 0 Å². The molecular formula is C11H13BrClNO2S. The van der Waals surface area contributed by atoms with Gasteiger partial charge in [-0.05, 0) is 36.1 Å². The monoisotopic (exact) mass is 337 g/mol. The van der Waals surface area contributed by atoms with Gasteiger partial charge in [0.1, 0.15) is 0 Å². The van der Waals surface area contributed by atoms with E-state index in [-0.39, 0.29) is 23.5 Å². The first-order valence-electron chi connectivity index (χ1n) is 5.30. The van der Waals surface area contributed by atoms with Gasteiger partial charge in [0.2, 0.25) is 0 Å². The molecule has 1 saturated heterocycles. The predicted molar refractivity (Wildman–Crippen MR) is 72.8 cm³/mol. The highest BCUT2D eigenvalue weighted by molar-refractivity contribution is 9.10. The quantitative estimate of drug-likeness (QED) is 0.901. The molecule has 0 radical (unpaired) electrons. The Bertz CT molecular complexity index is 532. The summed E-state index contributed by atoms with van der Waals surface area (Å²) in [6.45, 7) is 0. The summed E-state index contributed by atoms with van der Waals surface area (Å²) in [5, 5.41) is 0.588. The standard InChI is InChI=1S/C11H13BrClNO2S/c12-8-1-2-10(13)9(5-8)11(14)7-3-4-17(15,16)6-7/h1-2,5,7,11H,3-4,6,14H2. The van der Waals surface area contributed by atoms with Crippen molar-refractivity contribution in [1.82, 2.24) is 0 Å². The minimum atomic E-state index is -2.91. The molecule has 1 aromatic carbocycles. The van der Waals surface area contributed by atoms with Crippen LogP contribution >= 0.6 is 27.5 Å². The van der Waals surface area contributed by atoms with Gasteiger partial charge in [0.25, 0.3) is 0 Å². The van der Waals surface area contributed by atoms with Crippen molar-refractivity contribution in [2.45, 2.75) is 12.5 Å². The fourth-order valence-electron chi connectivity index (χ4n) is 2.13. The molecule has 0 aliphatic carbocycles. The highest BCUT2D eigenvalue weighted by Gasteiger charge is 2.33. The van der Waals surface area contributed by atoms with E-state index in [9.17, 15) is 8.42 Å². The van der Waals surface area contributed by atoms with E-state index in [1.807, 2.05) is 12.1 Å². The molecule has 0 aromatic heterocycles. The average Bonchev–Trinajstić information content (AvgIpc) is 2.61. The molecule has 1 fully saturated rings. The first-order valence-corrected chi connectivity index (χ1v) is 8.29. The van der Waals surface area contributed by atoms with E-state index >= 15 is 0 Å². The van der Waals surface area contributed by atoms with Crippen LogP contribution in [0.25, 0.3) is 0 Å². The average molecular weight is 339 g/mol. The Hall–Kier alpha value is -0.100. The SMILES string of the molecule is NC(c1cc(Br)ccc1Cl)C1CCS(=O)(=O)C1. The Morgan fingerprint density at radius 2 is 2.18 bits per heavy atom. The molecule has 6 heteroatoms. The number of benzene rings is 1. The van der Waals surface area contributed by atoms with E-state index in [2.05, 4.69) is 15.9 Å². The number of halogens is 2. The van der Waals surface area contributed by atoms with E-state index in [4.69, 9.17) is 17.3 Å². The molecule has 2 N–H and O–H groups in total. The van der Waals surface area contributed by atoms with Gasteiger partial charge in [-0.15, -0.1) is 0 Å². The number of hydrogen-bond donors (Lipinski definition) is 1. The largest absolute Gasteiger partial charge is 0.324 e. The molecule has 1 aliphatic rings. The molecule has 17 heavy (non-hydrogen) atoms. The van der Waals surface area contributed by atoms with Crippen molar-refractivity contribution in [3.63, 3.8) is 0 Å². The maximum absolute atomic E-state index is 11.4. The lowest BCUT2D eigenvalue weighted by Crippen LogP contribution is -2.22. The van der Waals surface area contributed by atoms with E-state index in [1.165, 1.54) is 0 Å². The van der Waals surface area contributed by atoms with E-state index < -0.39 is 9.84 Å². The summed E-state index contributed by atoms with van der Waals surface area (Å²) in [6, 6.07) is 5.14. The summed E-state index contributed by atoms with van der Waals surface area (Å²) >= 11 is 9.45. The van der Waals surface area contributed by atoms with Gasteiger partial charge in [0, 0.05) is 15.5 Å². The Kier molecular flexibility index (Phi) is 3.83. The molecule has 0 saturated carbocycles. The second kappa shape index (κ2) is 4.88. The number of sulfone groups is 1. The van der Waals surface area contributed by atoms with Gasteiger partial charge in [-0.3, -0.25) is 0 Å². The molecule has 94 valence electrons. The Morgan fingerprint density at radius 3 is 2.76 bits per heavy atom. The van der Waals surface area contributed by atoms with Crippen molar-refractivity contribution < 1.29 is 8.42 Å². The Balaban J connectivity index is 2.26. The van der Waals surface area contributed by atoms with Crippen LogP contribution in [0.15, 0.2) is 22.7 Å². The normalized spacial score (nSPS) is 24.8. The summed E-state index contributed by atoms with van der Waals surface area (Å²) in [6.07, 6.45) is 0.617. The molecule has 3 nitrogen and oxygen atoms in total. The highest BCUT2D eigenvalue weighted by Crippen LogP contribution is 2.34. The molecule has 1 aromatic rings. The third-order valence-electron chi connectivity index (χ3n) is 3.09. The molecular weight excluding hydrogens is 326 g/mol. The van der Waals surface area contributed by atoms with Gasteiger partial charge in [0.05, 0.1) is 11.5 Å². The minimum absolute atomic E-state index is 0.0354. The summed E-state index contributed by atoms with van der Waals surface area (Å²) in [7, 11) is -2.91. The summed E-state index contributed by atoms with van der Waals surface area (Å²) in [4.78, 5) is 0. The van der Waals surface area contributed by atoms with Gasteiger partial charge in [-0.2, -0.15) is 0 Å². The summed E-state index contributed by atoms with van der Waals surface area (Å²) < 4.78 is 23.8. The van der Waals surface area contributed by atoms with Gasteiger partial charge in [-0.25, -0.2) is 8.42 Å². The third-order valence-corrected chi connectivity index (χ3v) is 5.72. The third kappa shape index (κ3) is 3.02. The van der Waals surface area contributed by atoms with Crippen LogP contribution in [-0.2, 0) is 9.84 Å². The summed E-state index contributed by atoms with van der Waals surface area (Å²) in [5.41, 5.74) is 6.93. The molecule has 2 atom stereocenters. The van der Waals surface area contributed by atoms with E-state index in [0.717, 1.165) is 10.0 Å². The van der Waals surface area contributed by atoms with Crippen LogP contribution in [0.3, 0.4) is 0 Å². The number of rotatable bonds is 2. The maximum atomic E-state index is 11.4. The van der Waals surface area contributed by atoms with Crippen molar-refractivity contribution in [2.75, 3.05) is 11.5 Å². The van der Waals surface area contributed by atoms with E-state index in [0.29, 0.717) is 11.4 Å². The van der Waals surface area contributed by atoms with Gasteiger partial charge in [0.15, 0.2) is 9.84 Å². The van der Waals surface area contributed by atoms with E-state index in [1.54, 1.807) is 6.07 Å². The van der Waals surface area contributed by atoms with Crippen LogP contribution in [0.4, 0.5) is 0 Å². The Labute approximate surface area is 114 Å². The lowest BCUT2D eigenvalue weighted by atomic mass is 9.93. The molecule has 2 unspecified atom stereocenters.